The summed E-state index contributed by atoms with van der Waals surface area (Å²) in [5.74, 6) is 0. The number of fused-ring (bicyclic) bond motifs is 10. The molecule has 6 aromatic carbocycles. The Kier molecular flexibility index (Phi) is 11.2. The second-order valence-corrected chi connectivity index (χ2v) is 29.7. The lowest BCUT2D eigenvalue weighted by molar-refractivity contribution is 0.195. The third-order valence-corrected chi connectivity index (χ3v) is 21.1. The molecule has 5 heteroatoms. The van der Waals surface area contributed by atoms with Crippen molar-refractivity contribution in [2.75, 3.05) is 14.7 Å². The van der Waals surface area contributed by atoms with Crippen LogP contribution in [-0.2, 0) is 45.3 Å². The fourth-order valence-corrected chi connectivity index (χ4v) is 16.2. The van der Waals surface area contributed by atoms with E-state index < -0.39 is 0 Å². The van der Waals surface area contributed by atoms with Gasteiger partial charge in [-0.15, -0.1) is 11.3 Å². The van der Waals surface area contributed by atoms with Crippen molar-refractivity contribution < 1.29 is 0 Å². The van der Waals surface area contributed by atoms with E-state index in [0.29, 0.717) is 0 Å². The van der Waals surface area contributed by atoms with Crippen molar-refractivity contribution in [2.45, 2.75) is 207 Å². The van der Waals surface area contributed by atoms with Gasteiger partial charge >= 0.3 is 0 Å². The van der Waals surface area contributed by atoms with Gasteiger partial charge in [0.25, 0.3) is 6.71 Å². The normalized spacial score (nSPS) is 21.4. The minimum Gasteiger partial charge on any atom is -0.334 e. The highest BCUT2D eigenvalue weighted by molar-refractivity contribution is 7.33. The highest BCUT2D eigenvalue weighted by Gasteiger charge is 2.58. The van der Waals surface area contributed by atoms with Crippen LogP contribution in [0.1, 0.15) is 201 Å². The number of hydrogen-bond acceptors (Lipinski definition) is 4. The van der Waals surface area contributed by atoms with E-state index in [9.17, 15) is 0 Å². The van der Waals surface area contributed by atoms with Gasteiger partial charge in [-0.1, -0.05) is 166 Å². The molecule has 4 heterocycles. The Morgan fingerprint density at radius 1 is 0.493 bits per heavy atom. The van der Waals surface area contributed by atoms with Crippen LogP contribution in [0.4, 0.5) is 45.5 Å². The summed E-state index contributed by atoms with van der Waals surface area (Å²) in [5, 5.41) is 1.39. The predicted octanol–water partition coefficient (Wildman–Crippen LogP) is 18.1. The minimum absolute atomic E-state index is 0.0171. The van der Waals surface area contributed by atoms with Crippen LogP contribution in [-0.4, -0.2) is 12.3 Å². The van der Waals surface area contributed by atoms with Crippen molar-refractivity contribution in [1.82, 2.24) is 0 Å². The van der Waals surface area contributed by atoms with E-state index in [0.717, 1.165) is 19.3 Å². The molecule has 3 nitrogen and oxygen atoms in total. The van der Waals surface area contributed by atoms with E-state index in [1.807, 2.05) is 0 Å². The molecule has 7 aromatic rings. The van der Waals surface area contributed by atoms with Crippen molar-refractivity contribution in [1.29, 1.82) is 0 Å². The maximum atomic E-state index is 2.86. The number of thiophene rings is 1. The van der Waals surface area contributed by atoms with Crippen LogP contribution >= 0.6 is 11.3 Å². The predicted molar refractivity (Wildman–Crippen MR) is 329 cm³/mol. The van der Waals surface area contributed by atoms with E-state index in [4.69, 9.17) is 0 Å². The Balaban J connectivity index is 1.24. The average Bonchev–Trinajstić information content (AvgIpc) is 3.82. The molecule has 0 spiro atoms. The maximum absolute atomic E-state index is 2.86. The molecule has 0 saturated heterocycles. The molecule has 0 radical (unpaired) electrons. The van der Waals surface area contributed by atoms with Crippen LogP contribution in [0.15, 0.2) is 103 Å². The number of nitrogens with zero attached hydrogens (tertiary/aromatic N) is 3. The summed E-state index contributed by atoms with van der Waals surface area (Å²) in [6.07, 6.45) is 9.24. The van der Waals surface area contributed by atoms with Gasteiger partial charge < -0.3 is 14.7 Å². The van der Waals surface area contributed by atoms with Gasteiger partial charge in [0.15, 0.2) is 0 Å². The van der Waals surface area contributed by atoms with Gasteiger partial charge in [0.05, 0.1) is 11.2 Å². The van der Waals surface area contributed by atoms with Crippen LogP contribution in [0.3, 0.4) is 0 Å². The summed E-state index contributed by atoms with van der Waals surface area (Å²) in [4.78, 5) is 8.32. The Morgan fingerprint density at radius 2 is 1.05 bits per heavy atom. The average molecular weight is 1010 g/mol. The lowest BCUT2D eigenvalue weighted by Crippen LogP contribution is -2.61. The zero-order valence-corrected chi connectivity index (χ0v) is 49.6. The number of anilines is 8. The molecule has 12 rings (SSSR count). The minimum atomic E-state index is -0.133. The highest BCUT2D eigenvalue weighted by Crippen LogP contribution is 2.63. The standard InChI is InChI=1S/C70H84BN3S/c1-18-43-36-51-60(37-44(43)19-2)75-63-62(51)73(49-28-29-52-53(40-49)68(14,15)35-34-67(52,12)13)59-42-50(74-56-30-24-46(65(6,7)8)38-54(56)69(16)32-20-21-33-70(69,74)17)41-58-61(59)71(63)55-39-47(66(9,10)11)25-31-57(55)72(58)48-26-22-45(23-27-48)64(3,4)5/h22-31,36-42H,18-21,32-35H2,1-17H3. The molecule has 2 aliphatic carbocycles. The van der Waals surface area contributed by atoms with Crippen molar-refractivity contribution >= 4 is 89.3 Å². The summed E-state index contributed by atoms with van der Waals surface area (Å²) >= 11 is 2.06. The van der Waals surface area contributed by atoms with Crippen molar-refractivity contribution in [2.24, 2.45) is 0 Å². The third-order valence-electron chi connectivity index (χ3n) is 19.9. The van der Waals surface area contributed by atoms with Gasteiger partial charge in [-0.3, -0.25) is 0 Å². The SMILES string of the molecule is CCc1cc2sc3c(c2cc1CC)N(c1ccc2c(c1)C(C)(C)CCC2(C)C)c1cc(N2c4ccc(C(C)(C)C)cc4C4(C)CCCCC24C)cc2c1B3c1cc(C(C)(C)C)ccc1N2c1ccc(C(C)(C)C)cc1. The molecule has 1 fully saturated rings. The number of rotatable bonds is 5. The first-order valence-corrected chi connectivity index (χ1v) is 29.7. The van der Waals surface area contributed by atoms with E-state index in [1.54, 1.807) is 0 Å². The topological polar surface area (TPSA) is 9.72 Å². The first-order chi connectivity index (χ1) is 35.2. The van der Waals surface area contributed by atoms with E-state index >= 15 is 0 Å². The molecule has 2 atom stereocenters. The quantitative estimate of drug-likeness (QED) is 0.159. The Hall–Kier alpha value is -5.26. The van der Waals surface area contributed by atoms with Gasteiger partial charge in [-0.25, -0.2) is 0 Å². The fraction of sp³-hybridized carbons (Fsp3) is 0.457. The lowest BCUT2D eigenvalue weighted by Gasteiger charge is -2.51. The van der Waals surface area contributed by atoms with Gasteiger partial charge in [0.2, 0.25) is 0 Å². The van der Waals surface area contributed by atoms with Crippen LogP contribution in [0.5, 0.6) is 0 Å². The first kappa shape index (κ1) is 50.6. The van der Waals surface area contributed by atoms with Crippen molar-refractivity contribution in [3.63, 3.8) is 0 Å². The summed E-state index contributed by atoms with van der Waals surface area (Å²) in [6, 6.07) is 42.9. The molecule has 0 amide bonds. The number of aryl methyl sites for hydroxylation is 2. The monoisotopic (exact) mass is 1010 g/mol. The summed E-state index contributed by atoms with van der Waals surface area (Å²) in [6.45, 7) is 41.2. The molecule has 75 heavy (non-hydrogen) atoms. The lowest BCUT2D eigenvalue weighted by atomic mass is 9.36. The Bertz CT molecular complexity index is 3480. The van der Waals surface area contributed by atoms with E-state index in [-0.39, 0.29) is 44.7 Å². The van der Waals surface area contributed by atoms with Gasteiger partial charge in [0.1, 0.15) is 0 Å². The molecular formula is C70H84BN3S. The zero-order valence-electron chi connectivity index (χ0n) is 48.8. The molecular weight excluding hydrogens is 926 g/mol. The molecule has 0 bridgehead atoms. The first-order valence-electron chi connectivity index (χ1n) is 28.9. The van der Waals surface area contributed by atoms with Crippen LogP contribution in [0.25, 0.3) is 10.1 Å². The number of benzene rings is 6. The molecule has 3 aliphatic heterocycles. The maximum Gasteiger partial charge on any atom is 0.264 e. The zero-order chi connectivity index (χ0) is 53.3. The Morgan fingerprint density at radius 3 is 1.69 bits per heavy atom. The molecule has 1 aromatic heterocycles. The molecule has 0 N–H and O–H groups in total. The second kappa shape index (κ2) is 16.6. The number of hydrogen-bond donors (Lipinski definition) is 0. The van der Waals surface area contributed by atoms with Gasteiger partial charge in [-0.05, 0) is 189 Å². The summed E-state index contributed by atoms with van der Waals surface area (Å²) < 4.78 is 2.86. The summed E-state index contributed by atoms with van der Waals surface area (Å²) in [7, 11) is 0. The van der Waals surface area contributed by atoms with Crippen LogP contribution < -0.4 is 30.4 Å². The largest absolute Gasteiger partial charge is 0.334 e. The Labute approximate surface area is 456 Å². The van der Waals surface area contributed by atoms with Crippen molar-refractivity contribution in [3.8, 4) is 0 Å². The van der Waals surface area contributed by atoms with Crippen LogP contribution in [0.2, 0.25) is 0 Å². The van der Waals surface area contributed by atoms with Gasteiger partial charge in [-0.2, -0.15) is 0 Å². The molecule has 5 aliphatic rings. The molecule has 1 saturated carbocycles. The third kappa shape index (κ3) is 7.45. The van der Waals surface area contributed by atoms with Crippen LogP contribution in [0, 0.1) is 0 Å². The van der Waals surface area contributed by atoms with Gasteiger partial charge in [0, 0.05) is 60.1 Å². The highest BCUT2D eigenvalue weighted by atomic mass is 32.1. The smallest absolute Gasteiger partial charge is 0.264 e. The molecule has 388 valence electrons. The molecule has 2 unspecified atom stereocenters. The van der Waals surface area contributed by atoms with E-state index in [1.165, 1.54) is 148 Å². The van der Waals surface area contributed by atoms with E-state index in [2.05, 4.69) is 247 Å². The fourth-order valence-electron chi connectivity index (χ4n) is 14.8. The van der Waals surface area contributed by atoms with Crippen molar-refractivity contribution in [3.05, 3.63) is 148 Å². The summed E-state index contributed by atoms with van der Waals surface area (Å²) in [5.41, 5.74) is 25.0. The second-order valence-electron chi connectivity index (χ2n) is 28.6.